The number of carboxylic acid groups (broad SMARTS) is 1. The van der Waals surface area contributed by atoms with E-state index >= 15 is 0 Å². The molecule has 5 heteroatoms. The average molecular weight is 281 g/mol. The molecule has 2 N–H and O–H groups in total. The molecule has 0 aliphatic carbocycles. The summed E-state index contributed by atoms with van der Waals surface area (Å²) in [5.41, 5.74) is 1.14. The summed E-state index contributed by atoms with van der Waals surface area (Å²) < 4.78 is 10.4. The maximum absolute atomic E-state index is 10.5. The molecule has 0 radical (unpaired) electrons. The van der Waals surface area contributed by atoms with Crippen LogP contribution in [0.5, 0.6) is 11.5 Å². The molecule has 0 heterocycles. The van der Waals surface area contributed by atoms with Crippen LogP contribution in [0.1, 0.15) is 32.8 Å². The van der Waals surface area contributed by atoms with Crippen molar-refractivity contribution in [1.82, 2.24) is 5.32 Å². The molecule has 1 rings (SSSR count). The SMILES string of the molecule is CCC(C)(C)NCc1ccc(OCC(=O)O)c(OC)c1. The van der Waals surface area contributed by atoms with Crippen LogP contribution < -0.4 is 14.8 Å². The van der Waals surface area contributed by atoms with Crippen LogP contribution in [0, 0.1) is 0 Å². The molecule has 1 aromatic carbocycles. The molecule has 0 bridgehead atoms. The largest absolute Gasteiger partial charge is 0.493 e. The molecule has 112 valence electrons. The quantitative estimate of drug-likeness (QED) is 0.766. The van der Waals surface area contributed by atoms with Crippen LogP contribution in [-0.2, 0) is 11.3 Å². The normalized spacial score (nSPS) is 11.2. The van der Waals surface area contributed by atoms with Gasteiger partial charge in [0.2, 0.25) is 0 Å². The first-order valence-electron chi connectivity index (χ1n) is 6.64. The van der Waals surface area contributed by atoms with Crippen molar-refractivity contribution >= 4 is 5.97 Å². The van der Waals surface area contributed by atoms with Crippen LogP contribution >= 0.6 is 0 Å². The Kier molecular flexibility index (Phi) is 5.82. The van der Waals surface area contributed by atoms with Gasteiger partial charge in [-0.05, 0) is 38.0 Å². The number of aliphatic carboxylic acids is 1. The highest BCUT2D eigenvalue weighted by Crippen LogP contribution is 2.28. The Bertz CT molecular complexity index is 457. The highest BCUT2D eigenvalue weighted by Gasteiger charge is 2.14. The Morgan fingerprint density at radius 2 is 2.05 bits per heavy atom. The fraction of sp³-hybridized carbons (Fsp3) is 0.533. The van der Waals surface area contributed by atoms with E-state index < -0.39 is 5.97 Å². The summed E-state index contributed by atoms with van der Waals surface area (Å²) in [6.45, 7) is 6.77. The first kappa shape index (κ1) is 16.3. The number of methoxy groups -OCH3 is 1. The van der Waals surface area contributed by atoms with Gasteiger partial charge >= 0.3 is 5.97 Å². The third kappa shape index (κ3) is 5.09. The number of rotatable bonds is 8. The summed E-state index contributed by atoms with van der Waals surface area (Å²) >= 11 is 0. The van der Waals surface area contributed by atoms with Gasteiger partial charge in [-0.2, -0.15) is 0 Å². The fourth-order valence-electron chi connectivity index (χ4n) is 1.55. The molecule has 0 aliphatic heterocycles. The zero-order chi connectivity index (χ0) is 15.2. The molecular formula is C15H23NO4. The lowest BCUT2D eigenvalue weighted by atomic mass is 10.0. The molecule has 0 aliphatic rings. The lowest BCUT2D eigenvalue weighted by molar-refractivity contribution is -0.139. The lowest BCUT2D eigenvalue weighted by Gasteiger charge is -2.24. The molecule has 1 aromatic rings. The minimum atomic E-state index is -1.01. The van der Waals surface area contributed by atoms with E-state index in [2.05, 4.69) is 26.1 Å². The number of hydrogen-bond acceptors (Lipinski definition) is 4. The van der Waals surface area contributed by atoms with Gasteiger partial charge in [-0.25, -0.2) is 4.79 Å². The van der Waals surface area contributed by atoms with Gasteiger partial charge in [-0.1, -0.05) is 13.0 Å². The number of carbonyl (C=O) groups is 1. The lowest BCUT2D eigenvalue weighted by Crippen LogP contribution is -2.37. The number of hydrogen-bond donors (Lipinski definition) is 2. The van der Waals surface area contributed by atoms with E-state index in [4.69, 9.17) is 14.6 Å². The van der Waals surface area contributed by atoms with Crippen molar-refractivity contribution < 1.29 is 19.4 Å². The molecule has 0 spiro atoms. The number of ether oxygens (including phenoxy) is 2. The number of benzene rings is 1. The summed E-state index contributed by atoms with van der Waals surface area (Å²) in [5, 5.41) is 12.1. The van der Waals surface area contributed by atoms with Crippen LogP contribution in [0.2, 0.25) is 0 Å². The Morgan fingerprint density at radius 3 is 2.60 bits per heavy atom. The zero-order valence-corrected chi connectivity index (χ0v) is 12.5. The Labute approximate surface area is 119 Å². The van der Waals surface area contributed by atoms with E-state index in [1.165, 1.54) is 7.11 Å². The van der Waals surface area contributed by atoms with Crippen molar-refractivity contribution in [2.75, 3.05) is 13.7 Å². The Balaban J connectivity index is 2.74. The van der Waals surface area contributed by atoms with E-state index in [1.807, 2.05) is 12.1 Å². The van der Waals surface area contributed by atoms with Crippen LogP contribution in [0.25, 0.3) is 0 Å². The van der Waals surface area contributed by atoms with Crippen LogP contribution in [0.3, 0.4) is 0 Å². The third-order valence-electron chi connectivity index (χ3n) is 3.23. The van der Waals surface area contributed by atoms with Crippen molar-refractivity contribution in [2.24, 2.45) is 0 Å². The van der Waals surface area contributed by atoms with Gasteiger partial charge in [-0.15, -0.1) is 0 Å². The standard InChI is InChI=1S/C15H23NO4/c1-5-15(2,3)16-9-11-6-7-12(13(8-11)19-4)20-10-14(17)18/h6-8,16H,5,9-10H2,1-4H3,(H,17,18). The summed E-state index contributed by atoms with van der Waals surface area (Å²) in [7, 11) is 1.54. The van der Waals surface area contributed by atoms with Gasteiger partial charge < -0.3 is 19.9 Å². The minimum Gasteiger partial charge on any atom is -0.493 e. The van der Waals surface area contributed by atoms with Crippen molar-refractivity contribution in [3.63, 3.8) is 0 Å². The van der Waals surface area contributed by atoms with E-state index in [9.17, 15) is 4.79 Å². The van der Waals surface area contributed by atoms with Gasteiger partial charge in [-0.3, -0.25) is 0 Å². The first-order chi connectivity index (χ1) is 9.38. The molecule has 20 heavy (non-hydrogen) atoms. The molecule has 5 nitrogen and oxygen atoms in total. The fourth-order valence-corrected chi connectivity index (χ4v) is 1.55. The first-order valence-corrected chi connectivity index (χ1v) is 6.64. The molecule has 0 atom stereocenters. The van der Waals surface area contributed by atoms with Gasteiger partial charge in [0, 0.05) is 12.1 Å². The van der Waals surface area contributed by atoms with E-state index in [0.29, 0.717) is 11.5 Å². The number of nitrogens with one attached hydrogen (secondary N) is 1. The van der Waals surface area contributed by atoms with Crippen LogP contribution in [0.15, 0.2) is 18.2 Å². The van der Waals surface area contributed by atoms with Gasteiger partial charge in [0.25, 0.3) is 0 Å². The second-order valence-corrected chi connectivity index (χ2v) is 5.26. The minimum absolute atomic E-state index is 0.0751. The van der Waals surface area contributed by atoms with Crippen molar-refractivity contribution in [3.05, 3.63) is 23.8 Å². The van der Waals surface area contributed by atoms with Gasteiger partial charge in [0.05, 0.1) is 7.11 Å². The Hall–Kier alpha value is -1.75. The monoisotopic (exact) mass is 281 g/mol. The van der Waals surface area contributed by atoms with Crippen LogP contribution in [-0.4, -0.2) is 30.3 Å². The maximum atomic E-state index is 10.5. The molecular weight excluding hydrogens is 258 g/mol. The molecule has 0 fully saturated rings. The highest BCUT2D eigenvalue weighted by molar-refractivity contribution is 5.68. The topological polar surface area (TPSA) is 67.8 Å². The van der Waals surface area contributed by atoms with Crippen molar-refractivity contribution in [2.45, 2.75) is 39.3 Å². The van der Waals surface area contributed by atoms with Gasteiger partial charge in [0.15, 0.2) is 18.1 Å². The third-order valence-corrected chi connectivity index (χ3v) is 3.23. The average Bonchev–Trinajstić information content (AvgIpc) is 2.43. The van der Waals surface area contributed by atoms with E-state index in [0.717, 1.165) is 18.5 Å². The smallest absolute Gasteiger partial charge is 0.341 e. The molecule has 0 amide bonds. The summed E-state index contributed by atoms with van der Waals surface area (Å²) in [6.07, 6.45) is 1.03. The van der Waals surface area contributed by atoms with Crippen molar-refractivity contribution in [3.8, 4) is 11.5 Å². The second kappa shape index (κ2) is 7.14. The predicted octanol–water partition coefficient (Wildman–Crippen LogP) is 2.44. The Morgan fingerprint density at radius 1 is 1.35 bits per heavy atom. The molecule has 0 saturated carbocycles. The van der Waals surface area contributed by atoms with E-state index in [-0.39, 0.29) is 12.1 Å². The highest BCUT2D eigenvalue weighted by atomic mass is 16.5. The second-order valence-electron chi connectivity index (χ2n) is 5.26. The predicted molar refractivity (Wildman–Crippen MR) is 77.3 cm³/mol. The van der Waals surface area contributed by atoms with Crippen molar-refractivity contribution in [1.29, 1.82) is 0 Å². The molecule has 0 saturated heterocycles. The summed E-state index contributed by atoms with van der Waals surface area (Å²) in [5.74, 6) is -0.0317. The van der Waals surface area contributed by atoms with Crippen LogP contribution in [0.4, 0.5) is 0 Å². The molecule has 0 unspecified atom stereocenters. The maximum Gasteiger partial charge on any atom is 0.341 e. The number of carboxylic acids is 1. The summed E-state index contributed by atoms with van der Waals surface area (Å²) in [4.78, 5) is 10.5. The summed E-state index contributed by atoms with van der Waals surface area (Å²) in [6, 6.07) is 5.49. The molecule has 0 aromatic heterocycles. The zero-order valence-electron chi connectivity index (χ0n) is 12.5. The van der Waals surface area contributed by atoms with E-state index in [1.54, 1.807) is 6.07 Å². The van der Waals surface area contributed by atoms with Gasteiger partial charge in [0.1, 0.15) is 0 Å².